The van der Waals surface area contributed by atoms with Crippen molar-refractivity contribution in [2.75, 3.05) is 0 Å². The Bertz CT molecular complexity index is 393. The first-order chi connectivity index (χ1) is 5.25. The molecule has 2 rings (SSSR count). The molecular formula is C7H6BrN3. The molecule has 0 aliphatic rings. The summed E-state index contributed by atoms with van der Waals surface area (Å²) in [5.74, 6) is 0.725. The molecule has 0 radical (unpaired) electrons. The summed E-state index contributed by atoms with van der Waals surface area (Å²) < 4.78 is 2.70. The highest BCUT2D eigenvalue weighted by atomic mass is 79.9. The van der Waals surface area contributed by atoms with E-state index in [0.717, 1.165) is 15.9 Å². The van der Waals surface area contributed by atoms with Gasteiger partial charge >= 0.3 is 0 Å². The SMILES string of the molecule is Cc1cnc2nc(Br)cn2c1. The second-order valence-electron chi connectivity index (χ2n) is 2.40. The third-order valence-electron chi connectivity index (χ3n) is 1.41. The molecule has 2 aromatic heterocycles. The molecule has 0 atom stereocenters. The molecule has 2 aromatic rings. The van der Waals surface area contributed by atoms with Gasteiger partial charge in [0.1, 0.15) is 4.60 Å². The van der Waals surface area contributed by atoms with Crippen LogP contribution in [0.3, 0.4) is 0 Å². The van der Waals surface area contributed by atoms with Crippen LogP contribution in [0.15, 0.2) is 23.2 Å². The number of fused-ring (bicyclic) bond motifs is 1. The van der Waals surface area contributed by atoms with Crippen LogP contribution < -0.4 is 0 Å². The average Bonchev–Trinajstić information content (AvgIpc) is 2.27. The number of nitrogens with zero attached hydrogens (tertiary/aromatic N) is 3. The van der Waals surface area contributed by atoms with Crippen molar-refractivity contribution in [3.8, 4) is 0 Å². The molecule has 0 fully saturated rings. The maximum Gasteiger partial charge on any atom is 0.234 e. The molecule has 4 heteroatoms. The second-order valence-corrected chi connectivity index (χ2v) is 3.21. The average molecular weight is 212 g/mol. The van der Waals surface area contributed by atoms with Gasteiger partial charge in [0.05, 0.1) is 0 Å². The quantitative estimate of drug-likeness (QED) is 0.666. The summed E-state index contributed by atoms with van der Waals surface area (Å²) >= 11 is 3.28. The number of hydrogen-bond donors (Lipinski definition) is 0. The molecule has 0 amide bonds. The third-order valence-corrected chi connectivity index (χ3v) is 1.79. The monoisotopic (exact) mass is 211 g/mol. The Labute approximate surface area is 72.2 Å². The molecule has 0 spiro atoms. The fraction of sp³-hybridized carbons (Fsp3) is 0.143. The van der Waals surface area contributed by atoms with E-state index in [2.05, 4.69) is 25.9 Å². The highest BCUT2D eigenvalue weighted by Gasteiger charge is 1.97. The van der Waals surface area contributed by atoms with Crippen LogP contribution in [0, 0.1) is 6.92 Å². The summed E-state index contributed by atoms with van der Waals surface area (Å²) in [6.07, 6.45) is 5.67. The van der Waals surface area contributed by atoms with Gasteiger partial charge < -0.3 is 0 Å². The van der Waals surface area contributed by atoms with E-state index in [-0.39, 0.29) is 0 Å². The molecule has 56 valence electrons. The molecule has 0 bridgehead atoms. The van der Waals surface area contributed by atoms with Crippen LogP contribution in [0.5, 0.6) is 0 Å². The summed E-state index contributed by atoms with van der Waals surface area (Å²) in [6.45, 7) is 2.00. The van der Waals surface area contributed by atoms with Crippen molar-refractivity contribution in [3.63, 3.8) is 0 Å². The van der Waals surface area contributed by atoms with Gasteiger partial charge in [-0.2, -0.15) is 0 Å². The summed E-state index contributed by atoms with van der Waals surface area (Å²) in [5, 5.41) is 0. The Morgan fingerprint density at radius 3 is 3.09 bits per heavy atom. The number of rotatable bonds is 0. The van der Waals surface area contributed by atoms with E-state index < -0.39 is 0 Å². The standard InChI is InChI=1S/C7H6BrN3/c1-5-2-9-7-10-6(8)4-11(7)3-5/h2-4H,1H3. The van der Waals surface area contributed by atoms with Crippen molar-refractivity contribution in [2.45, 2.75) is 6.92 Å². The smallest absolute Gasteiger partial charge is 0.234 e. The maximum absolute atomic E-state index is 4.12. The number of aromatic nitrogens is 3. The van der Waals surface area contributed by atoms with Crippen molar-refractivity contribution >= 4 is 21.7 Å². The normalized spacial score (nSPS) is 10.7. The largest absolute Gasteiger partial charge is 0.290 e. The lowest BCUT2D eigenvalue weighted by atomic mass is 10.4. The van der Waals surface area contributed by atoms with Crippen molar-refractivity contribution in [3.05, 3.63) is 28.8 Å². The molecule has 11 heavy (non-hydrogen) atoms. The Morgan fingerprint density at radius 1 is 1.45 bits per heavy atom. The maximum atomic E-state index is 4.12. The molecule has 0 aliphatic carbocycles. The van der Waals surface area contributed by atoms with E-state index in [0.29, 0.717) is 0 Å². The zero-order valence-corrected chi connectivity index (χ0v) is 7.54. The van der Waals surface area contributed by atoms with Gasteiger partial charge in [-0.05, 0) is 28.4 Å². The van der Waals surface area contributed by atoms with Gasteiger partial charge in [-0.3, -0.25) is 4.40 Å². The molecular weight excluding hydrogens is 206 g/mol. The van der Waals surface area contributed by atoms with E-state index in [9.17, 15) is 0 Å². The molecule has 0 N–H and O–H groups in total. The van der Waals surface area contributed by atoms with Crippen LogP contribution in [0.4, 0.5) is 0 Å². The van der Waals surface area contributed by atoms with Crippen molar-refractivity contribution in [1.29, 1.82) is 0 Å². The second kappa shape index (κ2) is 2.30. The van der Waals surface area contributed by atoms with Gasteiger partial charge in [0.15, 0.2) is 0 Å². The van der Waals surface area contributed by atoms with E-state index in [1.54, 1.807) is 6.20 Å². The van der Waals surface area contributed by atoms with Crippen LogP contribution in [0.25, 0.3) is 5.78 Å². The van der Waals surface area contributed by atoms with Crippen molar-refractivity contribution in [1.82, 2.24) is 14.4 Å². The Kier molecular flexibility index (Phi) is 1.42. The lowest BCUT2D eigenvalue weighted by molar-refractivity contribution is 1.08. The van der Waals surface area contributed by atoms with Crippen LogP contribution in [-0.2, 0) is 0 Å². The van der Waals surface area contributed by atoms with Crippen LogP contribution in [-0.4, -0.2) is 14.4 Å². The lowest BCUT2D eigenvalue weighted by Gasteiger charge is -1.91. The van der Waals surface area contributed by atoms with E-state index >= 15 is 0 Å². The van der Waals surface area contributed by atoms with Crippen LogP contribution in [0.2, 0.25) is 0 Å². The molecule has 0 aromatic carbocycles. The number of aryl methyl sites for hydroxylation is 1. The summed E-state index contributed by atoms with van der Waals surface area (Å²) in [5.41, 5.74) is 1.13. The zero-order chi connectivity index (χ0) is 7.84. The number of halogens is 1. The fourth-order valence-corrected chi connectivity index (χ4v) is 1.34. The Hall–Kier alpha value is -0.900. The zero-order valence-electron chi connectivity index (χ0n) is 5.95. The Balaban J connectivity index is 2.82. The predicted molar refractivity (Wildman–Crippen MR) is 45.4 cm³/mol. The first-order valence-electron chi connectivity index (χ1n) is 3.22. The number of imidazole rings is 1. The highest BCUT2D eigenvalue weighted by Crippen LogP contribution is 2.08. The Morgan fingerprint density at radius 2 is 2.27 bits per heavy atom. The molecule has 0 saturated heterocycles. The topological polar surface area (TPSA) is 30.2 Å². The van der Waals surface area contributed by atoms with E-state index in [1.165, 1.54) is 0 Å². The molecule has 3 nitrogen and oxygen atoms in total. The van der Waals surface area contributed by atoms with Gasteiger partial charge in [0.25, 0.3) is 0 Å². The minimum Gasteiger partial charge on any atom is -0.290 e. The van der Waals surface area contributed by atoms with Gasteiger partial charge in [0, 0.05) is 18.6 Å². The summed E-state index contributed by atoms with van der Waals surface area (Å²) in [6, 6.07) is 0. The molecule has 0 saturated carbocycles. The summed E-state index contributed by atoms with van der Waals surface area (Å²) in [4.78, 5) is 8.25. The van der Waals surface area contributed by atoms with Gasteiger partial charge in [0.2, 0.25) is 5.78 Å². The first kappa shape index (κ1) is 6.79. The highest BCUT2D eigenvalue weighted by molar-refractivity contribution is 9.10. The third kappa shape index (κ3) is 1.14. The molecule has 0 unspecified atom stereocenters. The predicted octanol–water partition coefficient (Wildman–Crippen LogP) is 1.80. The van der Waals surface area contributed by atoms with E-state index in [4.69, 9.17) is 0 Å². The van der Waals surface area contributed by atoms with Gasteiger partial charge in [-0.1, -0.05) is 0 Å². The summed E-state index contributed by atoms with van der Waals surface area (Å²) in [7, 11) is 0. The lowest BCUT2D eigenvalue weighted by Crippen LogP contribution is -1.87. The van der Waals surface area contributed by atoms with Crippen LogP contribution >= 0.6 is 15.9 Å². The number of hydrogen-bond acceptors (Lipinski definition) is 2. The van der Waals surface area contributed by atoms with Crippen LogP contribution in [0.1, 0.15) is 5.56 Å². The van der Waals surface area contributed by atoms with E-state index in [1.807, 2.05) is 23.7 Å². The van der Waals surface area contributed by atoms with Crippen molar-refractivity contribution < 1.29 is 0 Å². The first-order valence-corrected chi connectivity index (χ1v) is 4.02. The van der Waals surface area contributed by atoms with Crippen molar-refractivity contribution in [2.24, 2.45) is 0 Å². The minimum absolute atomic E-state index is 0.725. The van der Waals surface area contributed by atoms with Gasteiger partial charge in [-0.15, -0.1) is 0 Å². The molecule has 2 heterocycles. The minimum atomic E-state index is 0.725. The van der Waals surface area contributed by atoms with Gasteiger partial charge in [-0.25, -0.2) is 9.97 Å². The fourth-order valence-electron chi connectivity index (χ4n) is 0.957. The molecule has 0 aliphatic heterocycles.